The number of amides is 2. The van der Waals surface area contributed by atoms with Crippen LogP contribution < -0.4 is 14.8 Å². The van der Waals surface area contributed by atoms with Crippen LogP contribution in [0.1, 0.15) is 53.1 Å². The summed E-state index contributed by atoms with van der Waals surface area (Å²) in [6.07, 6.45) is 4.40. The average Bonchev–Trinajstić information content (AvgIpc) is 3.37. The minimum absolute atomic E-state index is 0.0168. The molecule has 9 nitrogen and oxygen atoms in total. The molecule has 0 bridgehead atoms. The van der Waals surface area contributed by atoms with E-state index in [1.54, 1.807) is 35.3 Å². The quantitative estimate of drug-likeness (QED) is 0.187. The molecule has 0 saturated carbocycles. The summed E-state index contributed by atoms with van der Waals surface area (Å²) in [5.41, 5.74) is 1.92. The molecule has 4 atom stereocenters. The molecular formula is C31H35ClN2O7. The highest BCUT2D eigenvalue weighted by Crippen LogP contribution is 2.51. The van der Waals surface area contributed by atoms with Gasteiger partial charge in [-0.15, -0.1) is 6.58 Å². The molecule has 218 valence electrons. The zero-order valence-corrected chi connectivity index (χ0v) is 23.7. The molecule has 2 aliphatic rings. The molecule has 2 aromatic rings. The smallest absolute Gasteiger partial charge is 0.247 e. The van der Waals surface area contributed by atoms with E-state index in [-0.39, 0.29) is 37.6 Å². The van der Waals surface area contributed by atoms with Crippen molar-refractivity contribution in [3.05, 3.63) is 82.4 Å². The summed E-state index contributed by atoms with van der Waals surface area (Å²) in [4.78, 5) is 40.3. The second-order valence-electron chi connectivity index (χ2n) is 10.1. The summed E-state index contributed by atoms with van der Waals surface area (Å²) < 4.78 is 11.7. The predicted octanol–water partition coefficient (Wildman–Crippen LogP) is 3.56. The molecule has 0 unspecified atom stereocenters. The summed E-state index contributed by atoms with van der Waals surface area (Å²) in [6, 6.07) is 9.32. The molecule has 0 fully saturated rings. The molecule has 3 N–H and O–H groups in total. The average molecular weight is 583 g/mol. The number of allylic oxidation sites excluding steroid dienone is 1. The van der Waals surface area contributed by atoms with Gasteiger partial charge in [0.05, 0.1) is 25.7 Å². The van der Waals surface area contributed by atoms with Crippen LogP contribution in [0.3, 0.4) is 0 Å². The van der Waals surface area contributed by atoms with Gasteiger partial charge in [0.1, 0.15) is 18.5 Å². The lowest BCUT2D eigenvalue weighted by Gasteiger charge is -2.41. The number of aliphatic hydroxyl groups is 2. The van der Waals surface area contributed by atoms with Crippen LogP contribution in [0.25, 0.3) is 0 Å². The summed E-state index contributed by atoms with van der Waals surface area (Å²) in [7, 11) is 1.44. The largest absolute Gasteiger partial charge is 0.493 e. The summed E-state index contributed by atoms with van der Waals surface area (Å²) in [5.74, 6) is -0.761. The fourth-order valence-corrected chi connectivity index (χ4v) is 5.54. The Morgan fingerprint density at radius 2 is 1.98 bits per heavy atom. The van der Waals surface area contributed by atoms with Gasteiger partial charge in [-0.2, -0.15) is 0 Å². The Morgan fingerprint density at radius 3 is 2.63 bits per heavy atom. The third-order valence-electron chi connectivity index (χ3n) is 7.41. The lowest BCUT2D eigenvalue weighted by Crippen LogP contribution is -2.55. The Hall–Kier alpha value is -3.66. The molecule has 1 aliphatic carbocycles. The van der Waals surface area contributed by atoms with Crippen LogP contribution in [0.15, 0.2) is 60.7 Å². The maximum Gasteiger partial charge on any atom is 0.247 e. The Bertz CT molecular complexity index is 1310. The topological polar surface area (TPSA) is 125 Å². The van der Waals surface area contributed by atoms with Crippen LogP contribution in [0.5, 0.6) is 11.5 Å². The number of nitrogens with one attached hydrogen (secondary N) is 1. The maximum absolute atomic E-state index is 13.7. The van der Waals surface area contributed by atoms with Crippen LogP contribution in [-0.2, 0) is 16.1 Å². The van der Waals surface area contributed by atoms with Crippen molar-refractivity contribution in [2.24, 2.45) is 0 Å². The fraction of sp³-hybridized carbons (Fsp3) is 0.387. The first kappa shape index (κ1) is 30.3. The van der Waals surface area contributed by atoms with Gasteiger partial charge in [0.2, 0.25) is 11.8 Å². The lowest BCUT2D eigenvalue weighted by molar-refractivity contribution is -0.138. The molecule has 1 aliphatic heterocycles. The second-order valence-corrected chi connectivity index (χ2v) is 10.5. The van der Waals surface area contributed by atoms with Gasteiger partial charge in [-0.05, 0) is 55.2 Å². The van der Waals surface area contributed by atoms with E-state index in [2.05, 4.69) is 11.9 Å². The Kier molecular flexibility index (Phi) is 10.2. The lowest BCUT2D eigenvalue weighted by atomic mass is 9.77. The molecule has 41 heavy (non-hydrogen) atoms. The molecule has 0 aromatic heterocycles. The number of methoxy groups -OCH3 is 1. The van der Waals surface area contributed by atoms with Crippen molar-refractivity contribution in [2.75, 3.05) is 20.3 Å². The van der Waals surface area contributed by atoms with E-state index in [0.717, 1.165) is 18.4 Å². The van der Waals surface area contributed by atoms with E-state index in [9.17, 15) is 24.6 Å². The molecule has 10 heteroatoms. The monoisotopic (exact) mass is 582 g/mol. The number of halogens is 1. The molecule has 4 rings (SSSR count). The molecule has 0 radical (unpaired) electrons. The standard InChI is InChI=1S/C31H35ClN2O7/c1-3-4-5-6-7-26(37)34(17-19-8-10-21(32)11-9-19)24-16-23(31(39)33-12-13-35)27-22-14-20(18-36)15-25(40-2)29(22)41-30(27)28(24)38/h3,8-11,14-16,18,24,27-28,30,35,38H,1,4-7,12-13,17H2,2H3,(H,33,39)/t24-,27+,28+,30+/m1/s1. The van der Waals surface area contributed by atoms with Gasteiger partial charge in [-0.25, -0.2) is 0 Å². The molecule has 2 aromatic carbocycles. The first-order valence-electron chi connectivity index (χ1n) is 13.6. The van der Waals surface area contributed by atoms with Crippen molar-refractivity contribution in [3.8, 4) is 11.5 Å². The minimum Gasteiger partial charge on any atom is -0.493 e. The highest BCUT2D eigenvalue weighted by molar-refractivity contribution is 6.30. The van der Waals surface area contributed by atoms with Gasteiger partial charge >= 0.3 is 0 Å². The molecule has 2 amide bonds. The van der Waals surface area contributed by atoms with Gasteiger partial charge in [-0.1, -0.05) is 29.8 Å². The SMILES string of the molecule is C=CCCCCC(=O)N(Cc1ccc(Cl)cc1)[C@@H]1C=C(C(=O)NCCO)[C@@H]2c3cc(C=O)cc(OC)c3O[C@@H]2[C@H]1O. The normalized spacial score (nSPS) is 20.6. The highest BCUT2D eigenvalue weighted by Gasteiger charge is 2.51. The van der Waals surface area contributed by atoms with Gasteiger partial charge in [-0.3, -0.25) is 14.4 Å². The molecule has 0 spiro atoms. The van der Waals surface area contributed by atoms with Crippen LogP contribution in [0.2, 0.25) is 5.02 Å². The number of fused-ring (bicyclic) bond motifs is 3. The van der Waals surface area contributed by atoms with Crippen LogP contribution >= 0.6 is 11.6 Å². The number of ether oxygens (including phenoxy) is 2. The number of aldehydes is 1. The van der Waals surface area contributed by atoms with Crippen molar-refractivity contribution < 1.29 is 34.1 Å². The van der Waals surface area contributed by atoms with Gasteiger partial charge in [0.25, 0.3) is 0 Å². The number of hydrogen-bond acceptors (Lipinski definition) is 7. The van der Waals surface area contributed by atoms with Crippen LogP contribution in [-0.4, -0.2) is 71.7 Å². The van der Waals surface area contributed by atoms with E-state index in [0.29, 0.717) is 40.4 Å². The minimum atomic E-state index is -1.21. The number of nitrogens with zero attached hydrogens (tertiary/aromatic N) is 1. The van der Waals surface area contributed by atoms with Gasteiger partial charge < -0.3 is 29.9 Å². The van der Waals surface area contributed by atoms with Gasteiger partial charge in [0.15, 0.2) is 11.5 Å². The predicted molar refractivity (Wildman–Crippen MR) is 154 cm³/mol. The zero-order valence-electron chi connectivity index (χ0n) is 22.9. The number of benzene rings is 2. The number of carbonyl (C=O) groups excluding carboxylic acids is 3. The van der Waals surface area contributed by atoms with E-state index in [4.69, 9.17) is 21.1 Å². The van der Waals surface area contributed by atoms with E-state index < -0.39 is 30.1 Å². The van der Waals surface area contributed by atoms with Crippen molar-refractivity contribution >= 4 is 29.7 Å². The van der Waals surface area contributed by atoms with Crippen LogP contribution in [0.4, 0.5) is 0 Å². The third kappa shape index (κ3) is 6.64. The number of rotatable bonds is 13. The third-order valence-corrected chi connectivity index (χ3v) is 7.66. The first-order chi connectivity index (χ1) is 19.8. The Morgan fingerprint density at radius 1 is 1.22 bits per heavy atom. The van der Waals surface area contributed by atoms with Crippen molar-refractivity contribution in [1.82, 2.24) is 10.2 Å². The van der Waals surface area contributed by atoms with E-state index in [1.807, 2.05) is 12.1 Å². The van der Waals surface area contributed by atoms with Crippen molar-refractivity contribution in [2.45, 2.75) is 56.4 Å². The fourth-order valence-electron chi connectivity index (χ4n) is 5.41. The number of hydrogen-bond donors (Lipinski definition) is 3. The molecule has 0 saturated heterocycles. The number of aliphatic hydroxyl groups excluding tert-OH is 2. The van der Waals surface area contributed by atoms with E-state index >= 15 is 0 Å². The Labute approximate surface area is 244 Å². The van der Waals surface area contributed by atoms with Crippen molar-refractivity contribution in [3.63, 3.8) is 0 Å². The number of carbonyl (C=O) groups is 3. The Balaban J connectivity index is 1.77. The summed E-state index contributed by atoms with van der Waals surface area (Å²) in [6.45, 7) is 3.66. The summed E-state index contributed by atoms with van der Waals surface area (Å²) in [5, 5.41) is 24.3. The van der Waals surface area contributed by atoms with E-state index in [1.165, 1.54) is 13.2 Å². The maximum atomic E-state index is 13.7. The zero-order chi connectivity index (χ0) is 29.5. The molecule has 1 heterocycles. The summed E-state index contributed by atoms with van der Waals surface area (Å²) >= 11 is 6.08. The first-order valence-corrected chi connectivity index (χ1v) is 14.0. The number of unbranched alkanes of at least 4 members (excludes halogenated alkanes) is 2. The van der Waals surface area contributed by atoms with Crippen molar-refractivity contribution in [1.29, 1.82) is 0 Å². The van der Waals surface area contributed by atoms with Crippen LogP contribution in [0, 0.1) is 0 Å². The second kappa shape index (κ2) is 13.8. The van der Waals surface area contributed by atoms with Gasteiger partial charge in [0, 0.05) is 41.2 Å². The highest BCUT2D eigenvalue weighted by atomic mass is 35.5. The molecular weight excluding hydrogens is 548 g/mol.